The molecule has 0 spiro atoms. The monoisotopic (exact) mass is 331 g/mol. The summed E-state index contributed by atoms with van der Waals surface area (Å²) < 4.78 is 15.7. The topological polar surface area (TPSA) is 64.3 Å². The quantitative estimate of drug-likeness (QED) is 0.824. The summed E-state index contributed by atoms with van der Waals surface area (Å²) in [5.74, 6) is -0.568. The van der Waals surface area contributed by atoms with Gasteiger partial charge in [-0.1, -0.05) is 0 Å². The average Bonchev–Trinajstić information content (AvgIpc) is 2.54. The van der Waals surface area contributed by atoms with Crippen molar-refractivity contribution in [2.24, 2.45) is 7.05 Å². The van der Waals surface area contributed by atoms with Crippen molar-refractivity contribution in [1.82, 2.24) is 9.13 Å². The van der Waals surface area contributed by atoms with E-state index in [9.17, 15) is 18.8 Å². The first-order valence-electron chi connectivity index (χ1n) is 7.74. The van der Waals surface area contributed by atoms with Gasteiger partial charge in [-0.15, -0.1) is 0 Å². The molecule has 0 fully saturated rings. The van der Waals surface area contributed by atoms with Crippen LogP contribution in [0.15, 0.2) is 34.0 Å². The first kappa shape index (κ1) is 16.2. The fourth-order valence-corrected chi connectivity index (χ4v) is 3.14. The second kappa shape index (κ2) is 6.07. The van der Waals surface area contributed by atoms with Crippen LogP contribution < -0.4 is 16.1 Å². The molecule has 3 rings (SSSR count). The van der Waals surface area contributed by atoms with Gasteiger partial charge in [-0.05, 0) is 43.0 Å². The minimum Gasteiger partial charge on any atom is -0.310 e. The Morgan fingerprint density at radius 3 is 2.79 bits per heavy atom. The predicted octanol–water partition coefficient (Wildman–Crippen LogP) is 0.974. The minimum absolute atomic E-state index is 0.163. The van der Waals surface area contributed by atoms with Crippen LogP contribution >= 0.6 is 0 Å². The van der Waals surface area contributed by atoms with Crippen molar-refractivity contribution in [3.8, 4) is 0 Å². The van der Waals surface area contributed by atoms with Crippen LogP contribution in [0.5, 0.6) is 0 Å². The van der Waals surface area contributed by atoms with Gasteiger partial charge in [-0.3, -0.25) is 18.7 Å². The van der Waals surface area contributed by atoms with Crippen LogP contribution in [0.2, 0.25) is 0 Å². The Hall–Kier alpha value is -2.70. The number of hydrogen-bond donors (Lipinski definition) is 0. The molecule has 6 nitrogen and oxygen atoms in total. The number of anilines is 1. The summed E-state index contributed by atoms with van der Waals surface area (Å²) in [4.78, 5) is 37.8. The Balaban J connectivity index is 1.95. The Morgan fingerprint density at radius 2 is 2.04 bits per heavy atom. The summed E-state index contributed by atoms with van der Waals surface area (Å²) in [6.07, 6.45) is 2.78. The van der Waals surface area contributed by atoms with Crippen molar-refractivity contribution in [3.05, 3.63) is 62.2 Å². The smallest absolute Gasteiger partial charge is 0.310 e. The molecule has 1 aromatic carbocycles. The lowest BCUT2D eigenvalue weighted by Crippen LogP contribution is -2.43. The average molecular weight is 331 g/mol. The first-order chi connectivity index (χ1) is 11.4. The van der Waals surface area contributed by atoms with Gasteiger partial charge in [0.2, 0.25) is 5.91 Å². The second-order valence-electron chi connectivity index (χ2n) is 6.00. The number of benzene rings is 1. The Morgan fingerprint density at radius 1 is 1.29 bits per heavy atom. The molecule has 0 atom stereocenters. The molecule has 2 heterocycles. The Bertz CT molecular complexity index is 930. The summed E-state index contributed by atoms with van der Waals surface area (Å²) in [5.41, 5.74) is 1.28. The maximum absolute atomic E-state index is 13.6. The van der Waals surface area contributed by atoms with E-state index in [1.807, 2.05) is 0 Å². The molecule has 7 heteroatoms. The lowest BCUT2D eigenvalue weighted by molar-refractivity contribution is -0.119. The molecule has 2 aromatic rings. The van der Waals surface area contributed by atoms with Crippen LogP contribution in [0.3, 0.4) is 0 Å². The number of rotatable bonds is 2. The number of aryl methyl sites for hydroxylation is 2. The molecule has 0 unspecified atom stereocenters. The standard InChI is InChI=1S/C17H18FN3O3/c1-11-8-13(18)9-12-4-3-6-21(16(11)12)15(23)10-20-7-5-14(22)19(2)17(20)24/h5,7-9H,3-4,6,10H2,1-2H3. The molecule has 0 aliphatic carbocycles. The summed E-state index contributed by atoms with van der Waals surface area (Å²) in [5, 5.41) is 0. The summed E-state index contributed by atoms with van der Waals surface area (Å²) in [7, 11) is 1.37. The summed E-state index contributed by atoms with van der Waals surface area (Å²) in [6.45, 7) is 2.13. The van der Waals surface area contributed by atoms with Crippen LogP contribution in [0, 0.1) is 12.7 Å². The van der Waals surface area contributed by atoms with E-state index in [1.165, 1.54) is 36.0 Å². The second-order valence-corrected chi connectivity index (χ2v) is 6.00. The fraction of sp³-hybridized carbons (Fsp3) is 0.353. The van der Waals surface area contributed by atoms with Crippen molar-refractivity contribution < 1.29 is 9.18 Å². The molecule has 1 aliphatic rings. The Kier molecular flexibility index (Phi) is 4.09. The van der Waals surface area contributed by atoms with Crippen LogP contribution in [-0.4, -0.2) is 21.6 Å². The van der Waals surface area contributed by atoms with Crippen molar-refractivity contribution in [1.29, 1.82) is 0 Å². The zero-order chi connectivity index (χ0) is 17.4. The highest BCUT2D eigenvalue weighted by Crippen LogP contribution is 2.31. The number of amides is 1. The van der Waals surface area contributed by atoms with Crippen LogP contribution in [0.1, 0.15) is 17.5 Å². The van der Waals surface area contributed by atoms with Gasteiger partial charge in [0.25, 0.3) is 5.56 Å². The van der Waals surface area contributed by atoms with Gasteiger partial charge in [-0.25, -0.2) is 9.18 Å². The number of carbonyl (C=O) groups excluding carboxylic acids is 1. The highest BCUT2D eigenvalue weighted by Gasteiger charge is 2.25. The Labute approximate surface area is 137 Å². The lowest BCUT2D eigenvalue weighted by atomic mass is 9.98. The largest absolute Gasteiger partial charge is 0.331 e. The molecule has 1 amide bonds. The third-order valence-electron chi connectivity index (χ3n) is 4.31. The number of halogens is 1. The van der Waals surface area contributed by atoms with E-state index < -0.39 is 11.2 Å². The number of nitrogens with zero attached hydrogens (tertiary/aromatic N) is 3. The third-order valence-corrected chi connectivity index (χ3v) is 4.31. The van der Waals surface area contributed by atoms with Gasteiger partial charge in [0.1, 0.15) is 12.4 Å². The number of fused-ring (bicyclic) bond motifs is 1. The molecule has 24 heavy (non-hydrogen) atoms. The third kappa shape index (κ3) is 2.77. The van der Waals surface area contributed by atoms with E-state index >= 15 is 0 Å². The van der Waals surface area contributed by atoms with Gasteiger partial charge in [-0.2, -0.15) is 0 Å². The molecular formula is C17H18FN3O3. The van der Waals surface area contributed by atoms with Gasteiger partial charge in [0, 0.05) is 31.5 Å². The van der Waals surface area contributed by atoms with Crippen molar-refractivity contribution in [2.75, 3.05) is 11.4 Å². The van der Waals surface area contributed by atoms with Crippen LogP contribution in [0.25, 0.3) is 0 Å². The van der Waals surface area contributed by atoms with Crippen LogP contribution in [0.4, 0.5) is 10.1 Å². The minimum atomic E-state index is -0.538. The van der Waals surface area contributed by atoms with Gasteiger partial charge >= 0.3 is 5.69 Å². The molecule has 0 bridgehead atoms. The summed E-state index contributed by atoms with van der Waals surface area (Å²) in [6, 6.07) is 4.11. The molecule has 0 radical (unpaired) electrons. The first-order valence-corrected chi connectivity index (χ1v) is 7.74. The number of carbonyl (C=O) groups is 1. The van der Waals surface area contributed by atoms with Gasteiger partial charge in [0.05, 0.1) is 0 Å². The highest BCUT2D eigenvalue weighted by molar-refractivity contribution is 5.95. The van der Waals surface area contributed by atoms with E-state index in [1.54, 1.807) is 11.8 Å². The molecule has 1 aliphatic heterocycles. The van der Waals surface area contributed by atoms with E-state index in [0.29, 0.717) is 12.1 Å². The maximum atomic E-state index is 13.6. The molecule has 126 valence electrons. The van der Waals surface area contributed by atoms with E-state index in [-0.39, 0.29) is 18.3 Å². The van der Waals surface area contributed by atoms with Crippen LogP contribution in [-0.2, 0) is 24.8 Å². The van der Waals surface area contributed by atoms with E-state index in [4.69, 9.17) is 0 Å². The van der Waals surface area contributed by atoms with E-state index in [0.717, 1.165) is 28.7 Å². The number of hydrogen-bond acceptors (Lipinski definition) is 3. The lowest BCUT2D eigenvalue weighted by Gasteiger charge is -2.31. The SMILES string of the molecule is Cc1cc(F)cc2c1N(C(=O)Cn1ccc(=O)n(C)c1=O)CCC2. The van der Waals surface area contributed by atoms with Gasteiger partial charge < -0.3 is 4.90 Å². The van der Waals surface area contributed by atoms with Crippen molar-refractivity contribution >= 4 is 11.6 Å². The summed E-state index contributed by atoms with van der Waals surface area (Å²) >= 11 is 0. The zero-order valence-corrected chi connectivity index (χ0v) is 13.6. The molecule has 0 saturated heterocycles. The molecule has 0 saturated carbocycles. The molecule has 0 N–H and O–H groups in total. The van der Waals surface area contributed by atoms with Crippen molar-refractivity contribution in [3.63, 3.8) is 0 Å². The maximum Gasteiger partial charge on any atom is 0.331 e. The van der Waals surface area contributed by atoms with Crippen molar-refractivity contribution in [2.45, 2.75) is 26.3 Å². The number of aromatic nitrogens is 2. The molecule has 1 aromatic heterocycles. The fourth-order valence-electron chi connectivity index (χ4n) is 3.14. The predicted molar refractivity (Wildman–Crippen MR) is 87.8 cm³/mol. The van der Waals surface area contributed by atoms with E-state index in [2.05, 4.69) is 0 Å². The normalized spacial score (nSPS) is 13.7. The highest BCUT2D eigenvalue weighted by atomic mass is 19.1. The molecular weight excluding hydrogens is 313 g/mol. The zero-order valence-electron chi connectivity index (χ0n) is 13.6. The van der Waals surface area contributed by atoms with Gasteiger partial charge in [0.15, 0.2) is 0 Å².